The minimum absolute atomic E-state index is 0.252. The fourth-order valence-electron chi connectivity index (χ4n) is 3.84. The second-order valence-corrected chi connectivity index (χ2v) is 7.38. The third-order valence-corrected chi connectivity index (χ3v) is 5.39. The number of hydrogen-bond donors (Lipinski definition) is 2. The molecule has 0 saturated carbocycles. The Kier molecular flexibility index (Phi) is 5.09. The third kappa shape index (κ3) is 3.87. The van der Waals surface area contributed by atoms with E-state index in [0.717, 1.165) is 16.6 Å². The molecule has 4 aromatic rings. The molecule has 3 heterocycles. The van der Waals surface area contributed by atoms with E-state index in [9.17, 15) is 9.18 Å². The molecule has 2 aromatic carbocycles. The zero-order valence-electron chi connectivity index (χ0n) is 16.8. The molecule has 7 heteroatoms. The Morgan fingerprint density at radius 2 is 1.84 bits per heavy atom. The van der Waals surface area contributed by atoms with Crippen LogP contribution in [0.15, 0.2) is 71.7 Å². The predicted octanol–water partition coefficient (Wildman–Crippen LogP) is 4.31. The summed E-state index contributed by atoms with van der Waals surface area (Å²) in [6.45, 7) is 2.49. The van der Waals surface area contributed by atoms with Crippen molar-refractivity contribution in [3.05, 3.63) is 83.0 Å². The summed E-state index contributed by atoms with van der Waals surface area (Å²) in [6.07, 6.45) is 1.61. The SMILES string of the molecule is O=c1[nH]ccc2cc(-c3ccccc3)nc(Nc3ccc(N4CCOCC4)c(F)c3)c12. The molecule has 1 aliphatic rings. The lowest BCUT2D eigenvalue weighted by atomic mass is 10.1. The Morgan fingerprint density at radius 3 is 2.61 bits per heavy atom. The topological polar surface area (TPSA) is 70.2 Å². The van der Waals surface area contributed by atoms with Gasteiger partial charge in [-0.3, -0.25) is 4.79 Å². The molecule has 0 amide bonds. The number of fused-ring (bicyclic) bond motifs is 1. The second-order valence-electron chi connectivity index (χ2n) is 7.38. The molecule has 156 valence electrons. The van der Waals surface area contributed by atoms with Gasteiger partial charge in [-0.25, -0.2) is 9.37 Å². The molecular formula is C24H21FN4O2. The van der Waals surface area contributed by atoms with Crippen molar-refractivity contribution in [1.29, 1.82) is 0 Å². The number of ether oxygens (including phenoxy) is 1. The highest BCUT2D eigenvalue weighted by atomic mass is 19.1. The second kappa shape index (κ2) is 8.20. The molecule has 2 aromatic heterocycles. The Bertz CT molecular complexity index is 1280. The Hall–Kier alpha value is -3.71. The van der Waals surface area contributed by atoms with E-state index in [0.29, 0.717) is 48.9 Å². The quantitative estimate of drug-likeness (QED) is 0.519. The predicted molar refractivity (Wildman–Crippen MR) is 121 cm³/mol. The number of benzene rings is 2. The van der Waals surface area contributed by atoms with E-state index >= 15 is 0 Å². The average molecular weight is 416 g/mol. The average Bonchev–Trinajstić information content (AvgIpc) is 2.80. The van der Waals surface area contributed by atoms with Gasteiger partial charge in [-0.05, 0) is 35.7 Å². The highest BCUT2D eigenvalue weighted by Gasteiger charge is 2.16. The maximum atomic E-state index is 14.9. The van der Waals surface area contributed by atoms with Crippen molar-refractivity contribution in [2.75, 3.05) is 36.5 Å². The zero-order valence-corrected chi connectivity index (χ0v) is 16.8. The van der Waals surface area contributed by atoms with Crippen LogP contribution >= 0.6 is 0 Å². The van der Waals surface area contributed by atoms with Gasteiger partial charge >= 0.3 is 0 Å². The lowest BCUT2D eigenvalue weighted by molar-refractivity contribution is 0.122. The van der Waals surface area contributed by atoms with E-state index < -0.39 is 0 Å². The standard InChI is InChI=1S/C24H21FN4O2/c25-19-15-18(6-7-21(19)29-10-12-31-13-11-29)27-23-22-17(8-9-26-24(22)30)14-20(28-23)16-4-2-1-3-5-16/h1-9,14-15H,10-13H2,(H,26,30)(H,27,28). The van der Waals surface area contributed by atoms with E-state index in [1.54, 1.807) is 18.3 Å². The largest absolute Gasteiger partial charge is 0.378 e. The molecule has 0 unspecified atom stereocenters. The van der Waals surface area contributed by atoms with E-state index in [1.807, 2.05) is 47.4 Å². The Labute approximate surface area is 178 Å². The number of rotatable bonds is 4. The molecule has 0 radical (unpaired) electrons. The molecule has 0 spiro atoms. The number of aromatic nitrogens is 2. The number of nitrogens with zero attached hydrogens (tertiary/aromatic N) is 2. The van der Waals surface area contributed by atoms with Gasteiger partial charge in [-0.1, -0.05) is 30.3 Å². The first-order valence-electron chi connectivity index (χ1n) is 10.2. The smallest absolute Gasteiger partial charge is 0.259 e. The van der Waals surface area contributed by atoms with E-state index in [-0.39, 0.29) is 11.4 Å². The van der Waals surface area contributed by atoms with Crippen molar-refractivity contribution < 1.29 is 9.13 Å². The van der Waals surface area contributed by atoms with Crippen molar-refractivity contribution in [3.63, 3.8) is 0 Å². The van der Waals surface area contributed by atoms with Gasteiger partial charge in [0, 0.05) is 30.5 Å². The van der Waals surface area contributed by atoms with Crippen LogP contribution in [0.2, 0.25) is 0 Å². The summed E-state index contributed by atoms with van der Waals surface area (Å²) in [5.74, 6) is 0.0565. The van der Waals surface area contributed by atoms with Crippen molar-refractivity contribution in [1.82, 2.24) is 9.97 Å². The Balaban J connectivity index is 1.55. The molecule has 6 nitrogen and oxygen atoms in total. The van der Waals surface area contributed by atoms with Crippen LogP contribution in [0.1, 0.15) is 0 Å². The summed E-state index contributed by atoms with van der Waals surface area (Å²) in [5.41, 5.74) is 2.48. The summed E-state index contributed by atoms with van der Waals surface area (Å²) >= 11 is 0. The number of morpholine rings is 1. The van der Waals surface area contributed by atoms with E-state index in [4.69, 9.17) is 4.74 Å². The maximum Gasteiger partial charge on any atom is 0.259 e. The molecule has 1 saturated heterocycles. The van der Waals surface area contributed by atoms with Crippen LogP contribution in [0.25, 0.3) is 22.0 Å². The van der Waals surface area contributed by atoms with Crippen LogP contribution in [0.4, 0.5) is 21.6 Å². The molecule has 2 N–H and O–H groups in total. The van der Waals surface area contributed by atoms with Crippen LogP contribution in [0.5, 0.6) is 0 Å². The Morgan fingerprint density at radius 1 is 1.03 bits per heavy atom. The fraction of sp³-hybridized carbons (Fsp3) is 0.167. The number of anilines is 3. The van der Waals surface area contributed by atoms with Gasteiger partial charge in [-0.15, -0.1) is 0 Å². The molecule has 31 heavy (non-hydrogen) atoms. The third-order valence-electron chi connectivity index (χ3n) is 5.39. The van der Waals surface area contributed by atoms with Gasteiger partial charge in [0.15, 0.2) is 0 Å². The van der Waals surface area contributed by atoms with Gasteiger partial charge in [0.2, 0.25) is 0 Å². The zero-order chi connectivity index (χ0) is 21.2. The lowest BCUT2D eigenvalue weighted by Gasteiger charge is -2.29. The van der Waals surface area contributed by atoms with Crippen LogP contribution < -0.4 is 15.8 Å². The van der Waals surface area contributed by atoms with Gasteiger partial charge in [0.05, 0.1) is 30.0 Å². The number of hydrogen-bond acceptors (Lipinski definition) is 5. The summed E-state index contributed by atoms with van der Waals surface area (Å²) in [4.78, 5) is 21.9. The maximum absolute atomic E-state index is 14.9. The fourth-order valence-corrected chi connectivity index (χ4v) is 3.84. The molecular weight excluding hydrogens is 395 g/mol. The minimum atomic E-state index is -0.329. The van der Waals surface area contributed by atoms with E-state index in [1.165, 1.54) is 6.07 Å². The first kappa shape index (κ1) is 19.3. The van der Waals surface area contributed by atoms with Crippen molar-refractivity contribution in [2.45, 2.75) is 0 Å². The first-order valence-corrected chi connectivity index (χ1v) is 10.2. The van der Waals surface area contributed by atoms with E-state index in [2.05, 4.69) is 15.3 Å². The lowest BCUT2D eigenvalue weighted by Crippen LogP contribution is -2.36. The van der Waals surface area contributed by atoms with Crippen molar-refractivity contribution >= 4 is 28.0 Å². The summed E-state index contributed by atoms with van der Waals surface area (Å²) in [6, 6.07) is 18.4. The molecule has 1 fully saturated rings. The number of pyridine rings is 2. The summed E-state index contributed by atoms with van der Waals surface area (Å²) in [5, 5.41) is 4.34. The molecule has 0 atom stereocenters. The monoisotopic (exact) mass is 416 g/mol. The first-order chi connectivity index (χ1) is 15.2. The molecule has 5 rings (SSSR count). The number of nitrogens with one attached hydrogen (secondary N) is 2. The molecule has 0 bridgehead atoms. The number of halogens is 1. The van der Waals surface area contributed by atoms with Gasteiger partial charge in [-0.2, -0.15) is 0 Å². The minimum Gasteiger partial charge on any atom is -0.378 e. The number of H-pyrrole nitrogens is 1. The number of aromatic amines is 1. The molecule has 1 aliphatic heterocycles. The highest BCUT2D eigenvalue weighted by molar-refractivity contribution is 5.95. The van der Waals surface area contributed by atoms with Crippen LogP contribution in [0, 0.1) is 5.82 Å². The van der Waals surface area contributed by atoms with Crippen LogP contribution in [-0.4, -0.2) is 36.3 Å². The van der Waals surface area contributed by atoms with Crippen LogP contribution in [-0.2, 0) is 4.74 Å². The summed E-state index contributed by atoms with van der Waals surface area (Å²) in [7, 11) is 0. The highest BCUT2D eigenvalue weighted by Crippen LogP contribution is 2.29. The summed E-state index contributed by atoms with van der Waals surface area (Å²) < 4.78 is 20.2. The van der Waals surface area contributed by atoms with Crippen molar-refractivity contribution in [3.8, 4) is 11.3 Å². The molecule has 0 aliphatic carbocycles. The van der Waals surface area contributed by atoms with Crippen LogP contribution in [0.3, 0.4) is 0 Å². The van der Waals surface area contributed by atoms with Crippen molar-refractivity contribution in [2.24, 2.45) is 0 Å². The normalized spacial score (nSPS) is 14.0. The van der Waals surface area contributed by atoms with Gasteiger partial charge in [0.1, 0.15) is 11.6 Å². The van der Waals surface area contributed by atoms with Gasteiger partial charge in [0.25, 0.3) is 5.56 Å². The van der Waals surface area contributed by atoms with Gasteiger partial charge < -0.3 is 19.9 Å².